The van der Waals surface area contributed by atoms with Gasteiger partial charge in [-0.1, -0.05) is 51.8 Å². The Hall–Kier alpha value is -2.11. The summed E-state index contributed by atoms with van der Waals surface area (Å²) in [4.78, 5) is 27.9. The number of rotatable bonds is 4. The number of para-hydroxylation sites is 1. The quantitative estimate of drug-likeness (QED) is 0.499. The van der Waals surface area contributed by atoms with Gasteiger partial charge in [-0.05, 0) is 30.7 Å². The number of Topliss-reactive ketones (excluding diaryl/α,β-unsaturated/α-hetero) is 1. The summed E-state index contributed by atoms with van der Waals surface area (Å²) in [5, 5.41) is 3.91. The van der Waals surface area contributed by atoms with E-state index in [1.807, 2.05) is 30.3 Å². The molecule has 0 aliphatic rings. The largest absolute Gasteiger partial charge is 0.358 e. The molecule has 0 atom stereocenters. The molecular formula is C18H14BrClN2O2. The van der Waals surface area contributed by atoms with Gasteiger partial charge in [0.05, 0.1) is 5.56 Å². The van der Waals surface area contributed by atoms with E-state index in [1.165, 1.54) is 0 Å². The smallest absolute Gasteiger partial charge is 0.292 e. The van der Waals surface area contributed by atoms with Gasteiger partial charge in [-0.25, -0.2) is 0 Å². The van der Waals surface area contributed by atoms with Gasteiger partial charge in [-0.15, -0.1) is 0 Å². The van der Waals surface area contributed by atoms with Gasteiger partial charge in [-0.3, -0.25) is 9.59 Å². The molecule has 1 heterocycles. The fraction of sp³-hybridized carbons (Fsp3) is 0.111. The molecule has 2 aromatic carbocycles. The molecule has 0 spiro atoms. The molecule has 0 unspecified atom stereocenters. The van der Waals surface area contributed by atoms with E-state index in [0.717, 1.165) is 20.9 Å². The SMILES string of the molecule is Cc1[nH]c2ccccc2c1C(=O)C(=O)NCc1ccc(Br)cc1Cl. The highest BCUT2D eigenvalue weighted by molar-refractivity contribution is 9.10. The summed E-state index contributed by atoms with van der Waals surface area (Å²) < 4.78 is 0.855. The van der Waals surface area contributed by atoms with Crippen LogP contribution in [0.1, 0.15) is 21.6 Å². The van der Waals surface area contributed by atoms with Gasteiger partial charge in [0.25, 0.3) is 11.7 Å². The third kappa shape index (κ3) is 3.23. The number of fused-ring (bicyclic) bond motifs is 1. The Bertz CT molecular complexity index is 949. The Morgan fingerprint density at radius 1 is 1.21 bits per heavy atom. The normalized spacial score (nSPS) is 10.8. The number of carbonyl (C=O) groups excluding carboxylic acids is 2. The minimum absolute atomic E-state index is 0.193. The van der Waals surface area contributed by atoms with Gasteiger partial charge < -0.3 is 10.3 Å². The maximum Gasteiger partial charge on any atom is 0.292 e. The maximum absolute atomic E-state index is 12.5. The van der Waals surface area contributed by atoms with Crippen molar-refractivity contribution >= 4 is 50.1 Å². The number of aromatic amines is 1. The summed E-state index contributed by atoms with van der Waals surface area (Å²) >= 11 is 9.45. The van der Waals surface area contributed by atoms with Crippen LogP contribution in [0.4, 0.5) is 0 Å². The molecule has 122 valence electrons. The topological polar surface area (TPSA) is 62.0 Å². The number of carbonyl (C=O) groups is 2. The molecule has 0 aliphatic heterocycles. The molecule has 3 rings (SSSR count). The van der Waals surface area contributed by atoms with Gasteiger partial charge in [0.2, 0.25) is 0 Å². The second kappa shape index (κ2) is 6.79. The number of ketones is 1. The first-order chi connectivity index (χ1) is 11.5. The first-order valence-corrected chi connectivity index (χ1v) is 8.48. The molecule has 0 saturated heterocycles. The van der Waals surface area contributed by atoms with E-state index in [4.69, 9.17) is 11.6 Å². The maximum atomic E-state index is 12.5. The van der Waals surface area contributed by atoms with E-state index in [9.17, 15) is 9.59 Å². The van der Waals surface area contributed by atoms with Crippen LogP contribution < -0.4 is 5.32 Å². The highest BCUT2D eigenvalue weighted by Gasteiger charge is 2.22. The predicted octanol–water partition coefficient (Wildman–Crippen LogP) is 4.39. The highest BCUT2D eigenvalue weighted by atomic mass is 79.9. The lowest BCUT2D eigenvalue weighted by molar-refractivity contribution is -0.117. The molecular weight excluding hydrogens is 392 g/mol. The average molecular weight is 406 g/mol. The van der Waals surface area contributed by atoms with Gasteiger partial charge in [0.1, 0.15) is 0 Å². The van der Waals surface area contributed by atoms with E-state index >= 15 is 0 Å². The number of aromatic nitrogens is 1. The van der Waals surface area contributed by atoms with E-state index in [-0.39, 0.29) is 6.54 Å². The van der Waals surface area contributed by atoms with Crippen LogP contribution >= 0.6 is 27.5 Å². The number of H-pyrrole nitrogens is 1. The number of nitrogens with one attached hydrogen (secondary N) is 2. The number of aryl methyl sites for hydroxylation is 1. The zero-order chi connectivity index (χ0) is 17.3. The van der Waals surface area contributed by atoms with Gasteiger partial charge in [0.15, 0.2) is 0 Å². The van der Waals surface area contributed by atoms with Crippen molar-refractivity contribution in [3.63, 3.8) is 0 Å². The molecule has 3 aromatic rings. The summed E-state index contributed by atoms with van der Waals surface area (Å²) in [5.41, 5.74) is 2.67. The molecule has 0 fully saturated rings. The second-order valence-corrected chi connectivity index (χ2v) is 6.74. The lowest BCUT2D eigenvalue weighted by Crippen LogP contribution is -2.31. The van der Waals surface area contributed by atoms with Crippen molar-refractivity contribution in [2.75, 3.05) is 0 Å². The van der Waals surface area contributed by atoms with Crippen LogP contribution in [0.2, 0.25) is 5.02 Å². The summed E-state index contributed by atoms with van der Waals surface area (Å²) in [6, 6.07) is 12.8. The van der Waals surface area contributed by atoms with E-state index in [2.05, 4.69) is 26.2 Å². The zero-order valence-corrected chi connectivity index (χ0v) is 15.2. The number of hydrogen-bond donors (Lipinski definition) is 2. The third-order valence-corrected chi connectivity index (χ3v) is 4.63. The average Bonchev–Trinajstić information content (AvgIpc) is 2.88. The van der Waals surface area contributed by atoms with Crippen molar-refractivity contribution in [1.82, 2.24) is 10.3 Å². The van der Waals surface area contributed by atoms with Crippen LogP contribution in [0, 0.1) is 6.92 Å². The third-order valence-electron chi connectivity index (χ3n) is 3.78. The zero-order valence-electron chi connectivity index (χ0n) is 12.8. The van der Waals surface area contributed by atoms with Gasteiger partial charge in [-0.2, -0.15) is 0 Å². The Labute approximate surface area is 152 Å². The lowest BCUT2D eigenvalue weighted by Gasteiger charge is -2.07. The number of benzene rings is 2. The van der Waals surface area contributed by atoms with Crippen molar-refractivity contribution < 1.29 is 9.59 Å². The van der Waals surface area contributed by atoms with Crippen LogP contribution in [0.15, 0.2) is 46.9 Å². The van der Waals surface area contributed by atoms with Crippen LogP contribution in [-0.4, -0.2) is 16.7 Å². The monoisotopic (exact) mass is 404 g/mol. The fourth-order valence-electron chi connectivity index (χ4n) is 2.60. The van der Waals surface area contributed by atoms with Crippen molar-refractivity contribution in [3.05, 3.63) is 68.8 Å². The van der Waals surface area contributed by atoms with Crippen LogP contribution in [-0.2, 0) is 11.3 Å². The fourth-order valence-corrected chi connectivity index (χ4v) is 3.34. The minimum atomic E-state index is -0.651. The Kier molecular flexibility index (Phi) is 4.73. The van der Waals surface area contributed by atoms with Crippen LogP contribution in [0.5, 0.6) is 0 Å². The lowest BCUT2D eigenvalue weighted by atomic mass is 10.1. The molecule has 0 radical (unpaired) electrons. The molecule has 0 saturated carbocycles. The number of halogens is 2. The van der Waals surface area contributed by atoms with Crippen LogP contribution in [0.3, 0.4) is 0 Å². The van der Waals surface area contributed by atoms with E-state index in [1.54, 1.807) is 19.1 Å². The minimum Gasteiger partial charge on any atom is -0.358 e. The molecule has 6 heteroatoms. The summed E-state index contributed by atoms with van der Waals surface area (Å²) in [7, 11) is 0. The van der Waals surface area contributed by atoms with Crippen molar-refractivity contribution in [1.29, 1.82) is 0 Å². The summed E-state index contributed by atoms with van der Waals surface area (Å²) in [6.07, 6.45) is 0. The van der Waals surface area contributed by atoms with Crippen molar-refractivity contribution in [2.24, 2.45) is 0 Å². The molecule has 1 amide bonds. The Morgan fingerprint density at radius 3 is 2.71 bits per heavy atom. The highest BCUT2D eigenvalue weighted by Crippen LogP contribution is 2.23. The molecule has 0 bridgehead atoms. The summed E-state index contributed by atoms with van der Waals surface area (Å²) in [5.74, 6) is -1.21. The van der Waals surface area contributed by atoms with E-state index < -0.39 is 11.7 Å². The predicted molar refractivity (Wildman–Crippen MR) is 98.4 cm³/mol. The number of amides is 1. The number of hydrogen-bond acceptors (Lipinski definition) is 2. The van der Waals surface area contributed by atoms with Gasteiger partial charge >= 0.3 is 0 Å². The Morgan fingerprint density at radius 2 is 1.96 bits per heavy atom. The van der Waals surface area contributed by atoms with Crippen molar-refractivity contribution in [2.45, 2.75) is 13.5 Å². The van der Waals surface area contributed by atoms with Crippen molar-refractivity contribution in [3.8, 4) is 0 Å². The molecule has 0 aliphatic carbocycles. The first-order valence-electron chi connectivity index (χ1n) is 7.31. The molecule has 2 N–H and O–H groups in total. The molecule has 24 heavy (non-hydrogen) atoms. The van der Waals surface area contributed by atoms with E-state index in [0.29, 0.717) is 16.3 Å². The summed E-state index contributed by atoms with van der Waals surface area (Å²) in [6.45, 7) is 1.98. The standard InChI is InChI=1S/C18H14BrClN2O2/c1-10-16(13-4-2-3-5-15(13)22-10)17(23)18(24)21-9-11-6-7-12(19)8-14(11)20/h2-8,22H,9H2,1H3,(H,21,24). The first kappa shape index (κ1) is 16.7. The second-order valence-electron chi connectivity index (χ2n) is 5.42. The van der Waals surface area contributed by atoms with Gasteiger partial charge in [0, 0.05) is 32.6 Å². The molecule has 4 nitrogen and oxygen atoms in total. The van der Waals surface area contributed by atoms with Crippen LogP contribution in [0.25, 0.3) is 10.9 Å². The molecule has 1 aromatic heterocycles. The Balaban J connectivity index is 1.79.